The van der Waals surface area contributed by atoms with Crippen molar-refractivity contribution < 1.29 is 25.4 Å². The molecule has 0 unspecified atom stereocenters. The molecule has 0 N–H and O–H groups in total. The summed E-state index contributed by atoms with van der Waals surface area (Å²) >= 11 is 0. The van der Waals surface area contributed by atoms with Crippen LogP contribution in [0.25, 0.3) is 6.05 Å². The van der Waals surface area contributed by atoms with E-state index in [9.17, 15) is 10.1 Å². The lowest BCUT2D eigenvalue weighted by atomic mass is 10.2. The molecule has 0 amide bonds. The molecule has 80 valence electrons. The molecule has 5 heteroatoms. The molecule has 0 heterocycles. The van der Waals surface area contributed by atoms with Gasteiger partial charge in [-0.2, -0.15) is 0 Å². The maximum atomic E-state index is 10.5. The van der Waals surface area contributed by atoms with Crippen molar-refractivity contribution in [3.05, 3.63) is 40.1 Å². The van der Waals surface area contributed by atoms with E-state index in [2.05, 4.69) is 9.47 Å². The zero-order chi connectivity index (χ0) is 18.0. The van der Waals surface area contributed by atoms with Gasteiger partial charge in [0.1, 0.15) is 1.37 Å². The van der Waals surface area contributed by atoms with E-state index >= 15 is 0 Å². The van der Waals surface area contributed by atoms with Crippen LogP contribution in [0.15, 0.2) is 24.4 Å². The number of methoxy groups -OCH3 is 2. The molecule has 0 saturated heterocycles. The Balaban J connectivity index is 3.38. The van der Waals surface area contributed by atoms with Gasteiger partial charge in [0.25, 0.3) is 0 Å². The van der Waals surface area contributed by atoms with Crippen LogP contribution in [0.4, 0.5) is 0 Å². The maximum absolute atomic E-state index is 10.5. The highest BCUT2D eigenvalue weighted by atomic mass is 16.6. The minimum Gasteiger partial charge on any atom is -0.493 e. The second-order valence-electron chi connectivity index (χ2n) is 2.36. The zero-order valence-electron chi connectivity index (χ0n) is 15.3. The maximum Gasteiger partial charge on any atom is 0.235 e. The summed E-state index contributed by atoms with van der Waals surface area (Å²) in [5, 5.41) is 10.5. The van der Waals surface area contributed by atoms with E-state index in [1.807, 2.05) is 0 Å². The first-order valence-corrected chi connectivity index (χ1v) is 3.64. The number of hydrogen-bond acceptors (Lipinski definition) is 4. The van der Waals surface area contributed by atoms with Crippen LogP contribution >= 0.6 is 0 Å². The van der Waals surface area contributed by atoms with Crippen LogP contribution in [0.3, 0.4) is 0 Å². The molecular weight excluding hydrogens is 198 g/mol. The van der Waals surface area contributed by atoms with Crippen LogP contribution in [-0.2, 0) is 0 Å². The van der Waals surface area contributed by atoms with Crippen LogP contribution in [0.2, 0.25) is 0 Å². The SMILES string of the molecule is [2H]/C(=C(/[2H])[N+](=O)[O-])c1ccc(OC([2H])([2H])[2H])c(OC([2H])([2H])[2H])c1. The molecule has 0 fully saturated rings. The second-order valence-corrected chi connectivity index (χ2v) is 2.36. The molecular formula is C10H11NO4. The number of benzene rings is 1. The van der Waals surface area contributed by atoms with Gasteiger partial charge in [-0.15, -0.1) is 0 Å². The van der Waals surface area contributed by atoms with Gasteiger partial charge in [0.05, 0.1) is 28.6 Å². The third kappa shape index (κ3) is 2.98. The van der Waals surface area contributed by atoms with Gasteiger partial charge in [-0.1, -0.05) is 6.07 Å². The Labute approximate surface area is 98.3 Å². The van der Waals surface area contributed by atoms with E-state index in [4.69, 9.17) is 11.0 Å². The Morgan fingerprint density at radius 1 is 1.47 bits per heavy atom. The lowest BCUT2D eigenvalue weighted by molar-refractivity contribution is -0.400. The summed E-state index contributed by atoms with van der Waals surface area (Å²) < 4.78 is 66.0. The summed E-state index contributed by atoms with van der Waals surface area (Å²) in [7, 11) is -5.82. The molecule has 0 bridgehead atoms. The molecule has 0 aliphatic heterocycles. The van der Waals surface area contributed by atoms with Gasteiger partial charge >= 0.3 is 0 Å². The van der Waals surface area contributed by atoms with Crippen LogP contribution in [-0.4, -0.2) is 19.0 Å². The molecule has 1 rings (SSSR count). The normalized spacial score (nSPS) is 21.1. The zero-order valence-corrected chi connectivity index (χ0v) is 7.31. The molecule has 0 spiro atoms. The minimum atomic E-state index is -2.94. The van der Waals surface area contributed by atoms with Gasteiger partial charge < -0.3 is 9.47 Å². The van der Waals surface area contributed by atoms with Gasteiger partial charge in [-0.25, -0.2) is 0 Å². The topological polar surface area (TPSA) is 61.6 Å². The third-order valence-corrected chi connectivity index (χ3v) is 1.46. The Hall–Kier alpha value is -2.04. The first kappa shape index (κ1) is 4.22. The summed E-state index contributed by atoms with van der Waals surface area (Å²) in [6.07, 6.45) is -1.21. The first-order valence-electron chi connectivity index (χ1n) is 7.64. The highest BCUT2D eigenvalue weighted by molar-refractivity contribution is 5.55. The molecule has 0 saturated carbocycles. The molecule has 15 heavy (non-hydrogen) atoms. The second kappa shape index (κ2) is 4.99. The van der Waals surface area contributed by atoms with Crippen LogP contribution in [0, 0.1) is 10.1 Å². The predicted octanol–water partition coefficient (Wildman–Crippen LogP) is 1.95. The summed E-state index contributed by atoms with van der Waals surface area (Å²) in [6.45, 7) is 0. The number of rotatable bonds is 4. The number of ether oxygens (including phenoxy) is 2. The monoisotopic (exact) mass is 217 g/mol. The van der Waals surface area contributed by atoms with Crippen LogP contribution in [0.1, 0.15) is 16.5 Å². The van der Waals surface area contributed by atoms with Crippen molar-refractivity contribution in [2.75, 3.05) is 14.1 Å². The highest BCUT2D eigenvalue weighted by Crippen LogP contribution is 2.27. The van der Waals surface area contributed by atoms with Crippen molar-refractivity contribution in [3.63, 3.8) is 0 Å². The Kier molecular flexibility index (Phi) is 1.41. The highest BCUT2D eigenvalue weighted by Gasteiger charge is 2.02. The summed E-state index contributed by atoms with van der Waals surface area (Å²) in [5.74, 6) is -0.982. The number of nitrogens with zero attached hydrogens (tertiary/aromatic N) is 1. The standard InChI is InChI=1S/C10H11NO4/c1-14-9-4-3-8(5-6-11(12)13)7-10(9)15-2/h3-7H,1-2H3/b6-5+/i1D3,2D3,5D,6D. The molecule has 1 aromatic carbocycles. The molecule has 1 aromatic rings. The van der Waals surface area contributed by atoms with Crippen molar-refractivity contribution in [3.8, 4) is 11.5 Å². The predicted molar refractivity (Wildman–Crippen MR) is 55.6 cm³/mol. The summed E-state index contributed by atoms with van der Waals surface area (Å²) in [4.78, 5) is 9.40. The van der Waals surface area contributed by atoms with Crippen molar-refractivity contribution in [2.45, 2.75) is 0 Å². The third-order valence-electron chi connectivity index (χ3n) is 1.46. The fraction of sp³-hybridized carbons (Fsp3) is 0.200. The quantitative estimate of drug-likeness (QED) is 0.571. The van der Waals surface area contributed by atoms with Crippen molar-refractivity contribution >= 4 is 6.05 Å². The lowest BCUT2D eigenvalue weighted by Gasteiger charge is -2.07. The van der Waals surface area contributed by atoms with Crippen molar-refractivity contribution in [1.29, 1.82) is 0 Å². The fourth-order valence-corrected chi connectivity index (χ4v) is 0.860. The van der Waals surface area contributed by atoms with Crippen LogP contribution < -0.4 is 9.47 Å². The van der Waals surface area contributed by atoms with E-state index in [1.165, 1.54) is 0 Å². The Morgan fingerprint density at radius 3 is 2.87 bits per heavy atom. The van der Waals surface area contributed by atoms with E-state index in [0.29, 0.717) is 0 Å². The number of nitro groups is 1. The van der Waals surface area contributed by atoms with Crippen molar-refractivity contribution in [2.24, 2.45) is 0 Å². The first-order chi connectivity index (χ1) is 10.3. The molecule has 5 nitrogen and oxygen atoms in total. The molecule has 0 aliphatic rings. The van der Waals surface area contributed by atoms with E-state index in [1.54, 1.807) is 0 Å². The molecule has 0 aliphatic carbocycles. The van der Waals surface area contributed by atoms with Gasteiger partial charge in [-0.3, -0.25) is 10.1 Å². The van der Waals surface area contributed by atoms with Gasteiger partial charge in [0.15, 0.2) is 11.5 Å². The molecule has 0 aromatic heterocycles. The fourth-order valence-electron chi connectivity index (χ4n) is 0.860. The lowest BCUT2D eigenvalue weighted by Crippen LogP contribution is -1.90. The smallest absolute Gasteiger partial charge is 0.235 e. The minimum absolute atomic E-state index is 0.205. The summed E-state index contributed by atoms with van der Waals surface area (Å²) in [6, 6.07) is 2.15. The average molecular weight is 217 g/mol. The number of hydrogen-bond donors (Lipinski definition) is 0. The summed E-state index contributed by atoms with van der Waals surface area (Å²) in [5.41, 5.74) is -0.205. The largest absolute Gasteiger partial charge is 0.493 e. The van der Waals surface area contributed by atoms with E-state index < -0.39 is 42.7 Å². The van der Waals surface area contributed by atoms with Gasteiger partial charge in [-0.05, 0) is 17.7 Å². The van der Waals surface area contributed by atoms with Crippen molar-refractivity contribution in [1.82, 2.24) is 0 Å². The van der Waals surface area contributed by atoms with Gasteiger partial charge in [0.2, 0.25) is 6.18 Å². The van der Waals surface area contributed by atoms with Gasteiger partial charge in [0, 0.05) is 6.05 Å². The molecule has 0 radical (unpaired) electrons. The Bertz CT molecular complexity index is 637. The van der Waals surface area contributed by atoms with E-state index in [0.717, 1.165) is 18.2 Å². The van der Waals surface area contributed by atoms with Crippen LogP contribution in [0.5, 0.6) is 11.5 Å². The molecule has 0 atom stereocenters. The van der Waals surface area contributed by atoms with E-state index in [-0.39, 0.29) is 5.56 Å². The average Bonchev–Trinajstić information content (AvgIpc) is 2.35. The Morgan fingerprint density at radius 2 is 2.20 bits per heavy atom.